The summed E-state index contributed by atoms with van der Waals surface area (Å²) < 4.78 is 0. The Morgan fingerprint density at radius 1 is 0.571 bits per heavy atom. The number of rotatable bonds is 11. The van der Waals surface area contributed by atoms with Gasteiger partial charge < -0.3 is 9.80 Å². The first kappa shape index (κ1) is 28.2. The first-order valence-corrected chi connectivity index (χ1v) is 14.3. The minimum atomic E-state index is 0.830. The Morgan fingerprint density at radius 2 is 1.02 bits per heavy atom. The second kappa shape index (κ2) is 13.8. The van der Waals surface area contributed by atoms with Gasteiger partial charge in [-0.1, -0.05) is 104 Å². The Kier molecular flexibility index (Phi) is 9.28. The van der Waals surface area contributed by atoms with E-state index in [1.165, 1.54) is 11.1 Å². The van der Waals surface area contributed by atoms with Crippen LogP contribution in [0.4, 0.5) is 28.4 Å². The maximum atomic E-state index is 3.89. The Hall–Kier alpha value is -5.34. The molecule has 0 aliphatic heterocycles. The maximum Gasteiger partial charge on any atom is 0.0462 e. The van der Waals surface area contributed by atoms with Crippen molar-refractivity contribution in [2.45, 2.75) is 13.3 Å². The van der Waals surface area contributed by atoms with Crippen molar-refractivity contribution in [2.75, 3.05) is 9.80 Å². The van der Waals surface area contributed by atoms with Gasteiger partial charge in [-0.2, -0.15) is 0 Å². The molecule has 0 aromatic heterocycles. The Balaban J connectivity index is 1.45. The molecule has 0 fully saturated rings. The summed E-state index contributed by atoms with van der Waals surface area (Å²) in [6, 6.07) is 47.0. The molecule has 0 aliphatic rings. The van der Waals surface area contributed by atoms with Crippen LogP contribution in [0.2, 0.25) is 0 Å². The third kappa shape index (κ3) is 6.51. The first-order chi connectivity index (χ1) is 20.7. The molecular formula is C40H36N2. The zero-order chi connectivity index (χ0) is 29.1. The second-order valence-electron chi connectivity index (χ2n) is 9.87. The highest BCUT2D eigenvalue weighted by molar-refractivity contribution is 5.79. The molecule has 0 atom stereocenters. The number of allylic oxidation sites excluding steroid dienone is 4. The summed E-state index contributed by atoms with van der Waals surface area (Å²) in [5.74, 6) is 0. The molecule has 0 unspecified atom stereocenters. The Labute approximate surface area is 250 Å². The Bertz CT molecular complexity index is 1640. The van der Waals surface area contributed by atoms with Gasteiger partial charge in [0, 0.05) is 34.1 Å². The fourth-order valence-corrected chi connectivity index (χ4v) is 5.00. The first-order valence-electron chi connectivity index (χ1n) is 14.3. The van der Waals surface area contributed by atoms with E-state index in [9.17, 15) is 0 Å². The summed E-state index contributed by atoms with van der Waals surface area (Å²) in [6.45, 7) is 9.81. The predicted molar refractivity (Wildman–Crippen MR) is 183 cm³/mol. The van der Waals surface area contributed by atoms with E-state index in [2.05, 4.69) is 169 Å². The summed E-state index contributed by atoms with van der Waals surface area (Å²) in [5, 5.41) is 0. The van der Waals surface area contributed by atoms with E-state index < -0.39 is 0 Å². The molecule has 206 valence electrons. The van der Waals surface area contributed by atoms with Gasteiger partial charge in [0.1, 0.15) is 0 Å². The smallest absolute Gasteiger partial charge is 0.0462 e. The molecule has 5 rings (SSSR count). The molecule has 2 nitrogen and oxygen atoms in total. The fourth-order valence-electron chi connectivity index (χ4n) is 5.00. The molecule has 0 saturated carbocycles. The highest BCUT2D eigenvalue weighted by Gasteiger charge is 2.14. The van der Waals surface area contributed by atoms with Crippen LogP contribution in [0.25, 0.3) is 17.2 Å². The van der Waals surface area contributed by atoms with Gasteiger partial charge in [0.05, 0.1) is 0 Å². The molecule has 5 aromatic rings. The molecule has 0 N–H and O–H groups in total. The van der Waals surface area contributed by atoms with E-state index in [4.69, 9.17) is 0 Å². The van der Waals surface area contributed by atoms with E-state index in [0.717, 1.165) is 46.1 Å². The zero-order valence-corrected chi connectivity index (χ0v) is 24.1. The molecule has 0 radical (unpaired) electrons. The minimum absolute atomic E-state index is 0.830. The predicted octanol–water partition coefficient (Wildman–Crippen LogP) is 11.6. The number of para-hydroxylation sites is 2. The van der Waals surface area contributed by atoms with Crippen molar-refractivity contribution in [3.63, 3.8) is 0 Å². The van der Waals surface area contributed by atoms with Crippen LogP contribution in [0, 0.1) is 0 Å². The average Bonchev–Trinajstić information content (AvgIpc) is 3.06. The summed E-state index contributed by atoms with van der Waals surface area (Å²) in [4.78, 5) is 4.55. The second-order valence-corrected chi connectivity index (χ2v) is 9.87. The van der Waals surface area contributed by atoms with Gasteiger partial charge in [0.15, 0.2) is 0 Å². The number of nitrogens with zero attached hydrogens (tertiary/aromatic N) is 2. The van der Waals surface area contributed by atoms with Gasteiger partial charge in [-0.15, -0.1) is 6.58 Å². The highest BCUT2D eigenvalue weighted by Crippen LogP contribution is 2.36. The van der Waals surface area contributed by atoms with Gasteiger partial charge in [-0.05, 0) is 96.8 Å². The van der Waals surface area contributed by atoms with Crippen LogP contribution >= 0.6 is 0 Å². The third-order valence-corrected chi connectivity index (χ3v) is 7.15. The highest BCUT2D eigenvalue weighted by atomic mass is 15.1. The lowest BCUT2D eigenvalue weighted by molar-refractivity contribution is 1.19. The molecule has 0 saturated heterocycles. The van der Waals surface area contributed by atoms with Crippen LogP contribution < -0.4 is 9.80 Å². The van der Waals surface area contributed by atoms with Crippen LogP contribution in [0.5, 0.6) is 0 Å². The van der Waals surface area contributed by atoms with E-state index in [1.54, 1.807) is 0 Å². The number of hydrogen-bond acceptors (Lipinski definition) is 2. The van der Waals surface area contributed by atoms with Crippen LogP contribution in [0.15, 0.2) is 177 Å². The number of hydrogen-bond donors (Lipinski definition) is 0. The topological polar surface area (TPSA) is 6.48 Å². The lowest BCUT2D eigenvalue weighted by Crippen LogP contribution is -2.14. The molecule has 0 aliphatic carbocycles. The lowest BCUT2D eigenvalue weighted by atomic mass is 10.0. The number of benzene rings is 5. The van der Waals surface area contributed by atoms with Crippen molar-refractivity contribution in [3.8, 4) is 11.1 Å². The SMILES string of the molecule is C=CC/C=C\C(=C/C)N(c1ccccc1)c1ccc(-c2ccc(N(c3ccccc3)c3ccc(C=C)cc3)cc2)cc1. The molecule has 5 aromatic carbocycles. The molecule has 0 amide bonds. The normalized spacial score (nSPS) is 11.3. The van der Waals surface area contributed by atoms with Gasteiger partial charge in [-0.25, -0.2) is 0 Å². The monoisotopic (exact) mass is 544 g/mol. The molecular weight excluding hydrogens is 508 g/mol. The fraction of sp³-hybridized carbons (Fsp3) is 0.0500. The summed E-state index contributed by atoms with van der Waals surface area (Å²) >= 11 is 0. The van der Waals surface area contributed by atoms with Gasteiger partial charge in [0.2, 0.25) is 0 Å². The van der Waals surface area contributed by atoms with Crippen LogP contribution in [0.3, 0.4) is 0 Å². The van der Waals surface area contributed by atoms with E-state index in [1.807, 2.05) is 24.3 Å². The van der Waals surface area contributed by atoms with Gasteiger partial charge in [-0.3, -0.25) is 0 Å². The minimum Gasteiger partial charge on any atom is -0.311 e. The molecule has 42 heavy (non-hydrogen) atoms. The van der Waals surface area contributed by atoms with E-state index in [0.29, 0.717) is 0 Å². The molecule has 0 heterocycles. The summed E-state index contributed by atoms with van der Waals surface area (Å²) in [7, 11) is 0. The van der Waals surface area contributed by atoms with Crippen molar-refractivity contribution < 1.29 is 0 Å². The van der Waals surface area contributed by atoms with Crippen molar-refractivity contribution in [3.05, 3.63) is 182 Å². The van der Waals surface area contributed by atoms with Crippen molar-refractivity contribution in [2.24, 2.45) is 0 Å². The van der Waals surface area contributed by atoms with E-state index >= 15 is 0 Å². The van der Waals surface area contributed by atoms with Gasteiger partial charge >= 0.3 is 0 Å². The van der Waals surface area contributed by atoms with Crippen molar-refractivity contribution >= 4 is 34.5 Å². The van der Waals surface area contributed by atoms with E-state index in [-0.39, 0.29) is 0 Å². The molecule has 0 bridgehead atoms. The zero-order valence-electron chi connectivity index (χ0n) is 24.1. The lowest BCUT2D eigenvalue weighted by Gasteiger charge is -2.27. The standard InChI is InChI=1S/C40H36N2/c1-4-7-10-15-35(6-3)41(36-16-11-8-12-17-36)39-28-22-33(23-29-39)34-24-30-40(31-25-34)42(37-18-13-9-14-19-37)38-26-20-32(5-2)21-27-38/h4-6,8-31H,1-2,7H2,3H3/b15-10-,35-6+. The number of anilines is 5. The molecule has 0 spiro atoms. The quantitative estimate of drug-likeness (QED) is 0.120. The van der Waals surface area contributed by atoms with Crippen LogP contribution in [-0.4, -0.2) is 0 Å². The van der Waals surface area contributed by atoms with Crippen LogP contribution in [0.1, 0.15) is 18.9 Å². The summed E-state index contributed by atoms with van der Waals surface area (Å²) in [5.41, 5.74) is 10.1. The summed E-state index contributed by atoms with van der Waals surface area (Å²) in [6.07, 6.45) is 11.0. The third-order valence-electron chi connectivity index (χ3n) is 7.15. The van der Waals surface area contributed by atoms with Gasteiger partial charge in [0.25, 0.3) is 0 Å². The Morgan fingerprint density at radius 3 is 1.52 bits per heavy atom. The van der Waals surface area contributed by atoms with Crippen molar-refractivity contribution in [1.82, 2.24) is 0 Å². The molecule has 2 heteroatoms. The van der Waals surface area contributed by atoms with Crippen LogP contribution in [-0.2, 0) is 0 Å². The van der Waals surface area contributed by atoms with Crippen molar-refractivity contribution in [1.29, 1.82) is 0 Å². The largest absolute Gasteiger partial charge is 0.311 e. The maximum absolute atomic E-state index is 3.89. The average molecular weight is 545 g/mol.